The highest BCUT2D eigenvalue weighted by Crippen LogP contribution is 2.39. The van der Waals surface area contributed by atoms with Crippen LogP contribution in [0.3, 0.4) is 0 Å². The molecule has 1 heterocycles. The standard InChI is InChI=1S/C13H14N2S/c1-8-15-11-5-4-9-2-3-10(6-7-14)12(9)13(11)16-8/h4-6H,2-3,7,14H2,1H3. The second kappa shape index (κ2) is 3.68. The Kier molecular flexibility index (Phi) is 2.30. The minimum Gasteiger partial charge on any atom is -0.327 e. The molecule has 1 aliphatic rings. The van der Waals surface area contributed by atoms with Crippen molar-refractivity contribution in [2.24, 2.45) is 5.73 Å². The number of hydrogen-bond acceptors (Lipinski definition) is 3. The van der Waals surface area contributed by atoms with Crippen LogP contribution < -0.4 is 5.73 Å². The molecule has 0 radical (unpaired) electrons. The van der Waals surface area contributed by atoms with E-state index in [4.69, 9.17) is 5.73 Å². The van der Waals surface area contributed by atoms with Crippen LogP contribution in [-0.2, 0) is 6.42 Å². The highest BCUT2D eigenvalue weighted by molar-refractivity contribution is 7.18. The molecule has 0 atom stereocenters. The van der Waals surface area contributed by atoms with Gasteiger partial charge >= 0.3 is 0 Å². The van der Waals surface area contributed by atoms with Crippen LogP contribution in [0.25, 0.3) is 15.8 Å². The molecule has 2 aromatic rings. The molecule has 0 amide bonds. The lowest BCUT2D eigenvalue weighted by molar-refractivity contribution is 1.08. The van der Waals surface area contributed by atoms with Gasteiger partial charge in [-0.15, -0.1) is 11.3 Å². The van der Waals surface area contributed by atoms with Gasteiger partial charge in [-0.2, -0.15) is 0 Å². The van der Waals surface area contributed by atoms with Gasteiger partial charge in [0.15, 0.2) is 0 Å². The smallest absolute Gasteiger partial charge is 0.0907 e. The normalized spacial score (nSPS) is 17.2. The number of hydrogen-bond donors (Lipinski definition) is 1. The fourth-order valence-electron chi connectivity index (χ4n) is 2.45. The van der Waals surface area contributed by atoms with Crippen LogP contribution in [-0.4, -0.2) is 11.5 Å². The first kappa shape index (κ1) is 10.00. The van der Waals surface area contributed by atoms with Gasteiger partial charge < -0.3 is 5.73 Å². The summed E-state index contributed by atoms with van der Waals surface area (Å²) in [6.45, 7) is 2.70. The summed E-state index contributed by atoms with van der Waals surface area (Å²) in [5.41, 5.74) is 11.0. The van der Waals surface area contributed by atoms with Crippen molar-refractivity contribution in [3.05, 3.63) is 34.3 Å². The molecule has 0 saturated carbocycles. The Bertz CT molecular complexity index is 581. The molecule has 0 unspecified atom stereocenters. The second-order valence-electron chi connectivity index (χ2n) is 4.15. The number of benzene rings is 1. The molecular formula is C13H14N2S. The molecule has 2 N–H and O–H groups in total. The lowest BCUT2D eigenvalue weighted by atomic mass is 10.1. The Morgan fingerprint density at radius 3 is 3.12 bits per heavy atom. The fourth-order valence-corrected chi connectivity index (χ4v) is 3.47. The van der Waals surface area contributed by atoms with Gasteiger partial charge in [-0.3, -0.25) is 0 Å². The van der Waals surface area contributed by atoms with Crippen LogP contribution in [0.1, 0.15) is 22.6 Å². The van der Waals surface area contributed by atoms with Gasteiger partial charge in [-0.05, 0) is 37.0 Å². The summed E-state index contributed by atoms with van der Waals surface area (Å²) >= 11 is 1.79. The highest BCUT2D eigenvalue weighted by atomic mass is 32.1. The largest absolute Gasteiger partial charge is 0.327 e. The van der Waals surface area contributed by atoms with Crippen LogP contribution in [0.2, 0.25) is 0 Å². The fraction of sp³-hybridized carbons (Fsp3) is 0.308. The summed E-state index contributed by atoms with van der Waals surface area (Å²) in [7, 11) is 0. The van der Waals surface area contributed by atoms with E-state index in [0.29, 0.717) is 6.54 Å². The number of thiazole rings is 1. The lowest BCUT2D eigenvalue weighted by Gasteiger charge is -2.01. The van der Waals surface area contributed by atoms with Gasteiger partial charge in [0.2, 0.25) is 0 Å². The van der Waals surface area contributed by atoms with Gasteiger partial charge in [0.05, 0.1) is 15.2 Å². The minimum atomic E-state index is 0.628. The van der Waals surface area contributed by atoms with E-state index in [0.717, 1.165) is 23.4 Å². The van der Waals surface area contributed by atoms with E-state index in [1.54, 1.807) is 11.3 Å². The molecule has 16 heavy (non-hydrogen) atoms. The van der Waals surface area contributed by atoms with E-state index in [9.17, 15) is 0 Å². The SMILES string of the molecule is Cc1nc2ccc3c(c2s1)C(=CCN)CC3. The quantitative estimate of drug-likeness (QED) is 0.818. The van der Waals surface area contributed by atoms with Gasteiger partial charge in [-0.1, -0.05) is 12.1 Å². The second-order valence-corrected chi connectivity index (χ2v) is 5.35. The molecule has 0 bridgehead atoms. The number of nitrogens with zero attached hydrogens (tertiary/aromatic N) is 1. The Morgan fingerprint density at radius 1 is 1.44 bits per heavy atom. The van der Waals surface area contributed by atoms with Gasteiger partial charge in [0.1, 0.15) is 0 Å². The number of aryl methyl sites for hydroxylation is 2. The number of rotatable bonds is 1. The van der Waals surface area contributed by atoms with E-state index < -0.39 is 0 Å². The highest BCUT2D eigenvalue weighted by Gasteiger charge is 2.20. The van der Waals surface area contributed by atoms with Crippen molar-refractivity contribution in [3.8, 4) is 0 Å². The molecule has 3 rings (SSSR count). The molecule has 82 valence electrons. The molecule has 0 aliphatic heterocycles. The van der Waals surface area contributed by atoms with Gasteiger partial charge in [0, 0.05) is 12.1 Å². The maximum Gasteiger partial charge on any atom is 0.0907 e. The lowest BCUT2D eigenvalue weighted by Crippen LogP contribution is -1.94. The Labute approximate surface area is 98.8 Å². The van der Waals surface area contributed by atoms with Crippen molar-refractivity contribution in [1.82, 2.24) is 4.98 Å². The minimum absolute atomic E-state index is 0.628. The summed E-state index contributed by atoms with van der Waals surface area (Å²) in [4.78, 5) is 4.55. The molecule has 0 fully saturated rings. The van der Waals surface area contributed by atoms with Crippen LogP contribution in [0, 0.1) is 6.92 Å². The first-order valence-corrected chi connectivity index (χ1v) is 6.39. The van der Waals surface area contributed by atoms with Crippen LogP contribution in [0.4, 0.5) is 0 Å². The van der Waals surface area contributed by atoms with Crippen molar-refractivity contribution in [3.63, 3.8) is 0 Å². The van der Waals surface area contributed by atoms with E-state index in [-0.39, 0.29) is 0 Å². The summed E-state index contributed by atoms with van der Waals surface area (Å²) in [6, 6.07) is 4.36. The van der Waals surface area contributed by atoms with E-state index in [1.165, 1.54) is 21.4 Å². The van der Waals surface area contributed by atoms with Crippen LogP contribution in [0.15, 0.2) is 18.2 Å². The zero-order valence-electron chi connectivity index (χ0n) is 9.29. The van der Waals surface area contributed by atoms with Crippen molar-refractivity contribution in [2.45, 2.75) is 19.8 Å². The van der Waals surface area contributed by atoms with Crippen molar-refractivity contribution >= 4 is 27.1 Å². The summed E-state index contributed by atoms with van der Waals surface area (Å²) in [5, 5.41) is 1.14. The number of aromatic nitrogens is 1. The summed E-state index contributed by atoms with van der Waals surface area (Å²) < 4.78 is 1.34. The maximum atomic E-state index is 5.63. The average molecular weight is 230 g/mol. The zero-order valence-corrected chi connectivity index (χ0v) is 10.1. The maximum absolute atomic E-state index is 5.63. The predicted octanol–water partition coefficient (Wildman–Crippen LogP) is 2.89. The topological polar surface area (TPSA) is 38.9 Å². The van der Waals surface area contributed by atoms with E-state index in [1.807, 2.05) is 0 Å². The molecule has 1 aliphatic carbocycles. The van der Waals surface area contributed by atoms with Crippen molar-refractivity contribution < 1.29 is 0 Å². The molecule has 1 aromatic heterocycles. The average Bonchev–Trinajstić information content (AvgIpc) is 2.81. The molecule has 3 heteroatoms. The number of nitrogens with two attached hydrogens (primary N) is 1. The molecule has 1 aromatic carbocycles. The predicted molar refractivity (Wildman–Crippen MR) is 69.7 cm³/mol. The van der Waals surface area contributed by atoms with Crippen molar-refractivity contribution in [2.75, 3.05) is 6.54 Å². The summed E-state index contributed by atoms with van der Waals surface area (Å²) in [6.07, 6.45) is 4.43. The monoisotopic (exact) mass is 230 g/mol. The van der Waals surface area contributed by atoms with E-state index >= 15 is 0 Å². The van der Waals surface area contributed by atoms with E-state index in [2.05, 4.69) is 30.1 Å². The summed E-state index contributed by atoms with van der Waals surface area (Å²) in [5.74, 6) is 0. The number of allylic oxidation sites excluding steroid dienone is 1. The third-order valence-electron chi connectivity index (χ3n) is 3.10. The van der Waals surface area contributed by atoms with Crippen LogP contribution >= 0.6 is 11.3 Å². The third-order valence-corrected chi connectivity index (χ3v) is 4.10. The number of fused-ring (bicyclic) bond motifs is 3. The van der Waals surface area contributed by atoms with Gasteiger partial charge in [0.25, 0.3) is 0 Å². The molecule has 2 nitrogen and oxygen atoms in total. The molecule has 0 saturated heterocycles. The Morgan fingerprint density at radius 2 is 2.31 bits per heavy atom. The van der Waals surface area contributed by atoms with Gasteiger partial charge in [-0.25, -0.2) is 4.98 Å². The molecule has 0 spiro atoms. The first-order chi connectivity index (χ1) is 7.79. The van der Waals surface area contributed by atoms with Crippen molar-refractivity contribution in [1.29, 1.82) is 0 Å². The Hall–Kier alpha value is -1.19. The Balaban J connectivity index is 2.32. The first-order valence-electron chi connectivity index (χ1n) is 5.58. The molecular weight excluding hydrogens is 216 g/mol. The van der Waals surface area contributed by atoms with Crippen LogP contribution in [0.5, 0.6) is 0 Å². The third kappa shape index (κ3) is 1.39. The zero-order chi connectivity index (χ0) is 11.1.